The summed E-state index contributed by atoms with van der Waals surface area (Å²) >= 11 is 1.57. The third kappa shape index (κ3) is 6.64. The van der Waals surface area contributed by atoms with Crippen molar-refractivity contribution in [2.75, 3.05) is 6.54 Å². The Morgan fingerprint density at radius 2 is 1.71 bits per heavy atom. The lowest BCUT2D eigenvalue weighted by atomic mass is 9.93. The van der Waals surface area contributed by atoms with Gasteiger partial charge < -0.3 is 9.80 Å². The molecule has 1 saturated carbocycles. The Balaban J connectivity index is 1.63. The summed E-state index contributed by atoms with van der Waals surface area (Å²) in [5.74, 6) is -0.938. The van der Waals surface area contributed by atoms with Crippen LogP contribution in [0.3, 0.4) is 0 Å². The summed E-state index contributed by atoms with van der Waals surface area (Å²) in [5.41, 5.74) is 2.44. The number of halogens is 1. The second-order valence-electron chi connectivity index (χ2n) is 9.89. The number of nitro benzene ring substituents is 1. The van der Waals surface area contributed by atoms with Crippen molar-refractivity contribution >= 4 is 28.8 Å². The lowest BCUT2D eigenvalue weighted by Gasteiger charge is -2.35. The van der Waals surface area contributed by atoms with E-state index in [1.54, 1.807) is 52.3 Å². The number of carbonyl (C=O) groups is 2. The molecule has 4 rings (SSSR count). The molecule has 0 bridgehead atoms. The first-order chi connectivity index (χ1) is 18.2. The summed E-state index contributed by atoms with van der Waals surface area (Å²) < 4.78 is 13.5. The van der Waals surface area contributed by atoms with Gasteiger partial charge in [0.2, 0.25) is 5.91 Å². The lowest BCUT2D eigenvalue weighted by Crippen LogP contribution is -2.48. The van der Waals surface area contributed by atoms with Crippen LogP contribution in [0.2, 0.25) is 0 Å². The molecule has 9 heteroatoms. The number of carbonyl (C=O) groups excluding carboxylic acids is 2. The molecule has 38 heavy (non-hydrogen) atoms. The minimum Gasteiger partial charge on any atom is -0.332 e. The minimum atomic E-state index is -0.490. The summed E-state index contributed by atoms with van der Waals surface area (Å²) in [6.45, 7) is 4.15. The highest BCUT2D eigenvalue weighted by molar-refractivity contribution is 7.10. The third-order valence-corrected chi connectivity index (χ3v) is 8.18. The zero-order chi connectivity index (χ0) is 27.2. The van der Waals surface area contributed by atoms with Gasteiger partial charge in [-0.3, -0.25) is 19.7 Å². The highest BCUT2D eigenvalue weighted by Crippen LogP contribution is 2.27. The molecule has 0 unspecified atom stereocenters. The zero-order valence-electron chi connectivity index (χ0n) is 21.7. The third-order valence-electron chi connectivity index (χ3n) is 7.18. The molecule has 0 saturated heterocycles. The molecule has 1 aliphatic rings. The van der Waals surface area contributed by atoms with Crippen LogP contribution in [0.1, 0.15) is 64.0 Å². The minimum absolute atomic E-state index is 0.114. The molecule has 0 radical (unpaired) electrons. The molecule has 1 heterocycles. The fraction of sp³-hybridized carbons (Fsp3) is 0.379. The van der Waals surface area contributed by atoms with Crippen LogP contribution in [0.5, 0.6) is 0 Å². The molecule has 1 aromatic heterocycles. The molecule has 1 aliphatic carbocycles. The van der Waals surface area contributed by atoms with Crippen LogP contribution in [-0.4, -0.2) is 39.1 Å². The molecule has 0 spiro atoms. The van der Waals surface area contributed by atoms with Crippen LogP contribution >= 0.6 is 11.3 Å². The van der Waals surface area contributed by atoms with Gasteiger partial charge in [0.05, 0.1) is 11.5 Å². The van der Waals surface area contributed by atoms with Gasteiger partial charge in [0.1, 0.15) is 12.4 Å². The van der Waals surface area contributed by atoms with Crippen molar-refractivity contribution in [1.29, 1.82) is 0 Å². The van der Waals surface area contributed by atoms with Crippen molar-refractivity contribution < 1.29 is 18.9 Å². The largest absolute Gasteiger partial charge is 0.332 e. The normalized spacial score (nSPS) is 13.8. The van der Waals surface area contributed by atoms with Gasteiger partial charge in [-0.15, -0.1) is 11.3 Å². The predicted molar refractivity (Wildman–Crippen MR) is 145 cm³/mol. The first-order valence-corrected chi connectivity index (χ1v) is 13.7. The molecule has 0 atom stereocenters. The van der Waals surface area contributed by atoms with Gasteiger partial charge in [-0.1, -0.05) is 37.5 Å². The smallest absolute Gasteiger partial charge is 0.273 e. The summed E-state index contributed by atoms with van der Waals surface area (Å²) in [7, 11) is 0. The Kier molecular flexibility index (Phi) is 8.89. The molecule has 7 nitrogen and oxygen atoms in total. The molecule has 2 amide bonds. The second kappa shape index (κ2) is 12.3. The molecule has 3 aromatic rings. The maximum atomic E-state index is 13.8. The molecular formula is C29H32FN3O4S. The summed E-state index contributed by atoms with van der Waals surface area (Å²) in [5, 5.41) is 13.5. The van der Waals surface area contributed by atoms with Gasteiger partial charge in [0.15, 0.2) is 0 Å². The van der Waals surface area contributed by atoms with Gasteiger partial charge in [-0.2, -0.15) is 0 Å². The standard InChI is InChI=1S/C29H32FN3O4S/c1-20-8-11-23(16-26(20)33(36)37)29(35)32(25-6-4-3-5-7-25)19-28(34)31(18-27-21(2)14-15-38-27)17-22-9-12-24(30)13-10-22/h8-16,25H,3-7,17-19H2,1-2H3. The lowest BCUT2D eigenvalue weighted by molar-refractivity contribution is -0.385. The maximum Gasteiger partial charge on any atom is 0.273 e. The average molecular weight is 538 g/mol. The number of thiophene rings is 1. The van der Waals surface area contributed by atoms with Gasteiger partial charge in [0.25, 0.3) is 11.6 Å². The van der Waals surface area contributed by atoms with Crippen LogP contribution in [0, 0.1) is 29.8 Å². The summed E-state index contributed by atoms with van der Waals surface area (Å²) in [6, 6.07) is 12.4. The Morgan fingerprint density at radius 3 is 2.34 bits per heavy atom. The maximum absolute atomic E-state index is 13.8. The van der Waals surface area contributed by atoms with E-state index in [1.165, 1.54) is 18.2 Å². The van der Waals surface area contributed by atoms with E-state index in [9.17, 15) is 24.1 Å². The van der Waals surface area contributed by atoms with Crippen molar-refractivity contribution in [3.63, 3.8) is 0 Å². The fourth-order valence-corrected chi connectivity index (χ4v) is 5.81. The van der Waals surface area contributed by atoms with Gasteiger partial charge in [-0.05, 0) is 67.5 Å². The van der Waals surface area contributed by atoms with Crippen LogP contribution in [0.25, 0.3) is 0 Å². The van der Waals surface area contributed by atoms with Crippen LogP contribution in [0.15, 0.2) is 53.9 Å². The number of nitro groups is 1. The van der Waals surface area contributed by atoms with Crippen molar-refractivity contribution in [1.82, 2.24) is 9.80 Å². The van der Waals surface area contributed by atoms with E-state index < -0.39 is 4.92 Å². The number of aryl methyl sites for hydroxylation is 2. The Morgan fingerprint density at radius 1 is 1.00 bits per heavy atom. The first kappa shape index (κ1) is 27.4. The van der Waals surface area contributed by atoms with E-state index in [0.29, 0.717) is 12.1 Å². The number of hydrogen-bond donors (Lipinski definition) is 0. The quantitative estimate of drug-likeness (QED) is 0.233. The highest BCUT2D eigenvalue weighted by atomic mass is 32.1. The molecule has 2 aromatic carbocycles. The van der Waals surface area contributed by atoms with Gasteiger partial charge in [0, 0.05) is 34.7 Å². The topological polar surface area (TPSA) is 83.8 Å². The van der Waals surface area contributed by atoms with Gasteiger partial charge >= 0.3 is 0 Å². The van der Waals surface area contributed by atoms with Gasteiger partial charge in [-0.25, -0.2) is 4.39 Å². The van der Waals surface area contributed by atoms with E-state index in [0.717, 1.165) is 48.1 Å². The van der Waals surface area contributed by atoms with E-state index in [1.807, 2.05) is 18.4 Å². The van der Waals surface area contributed by atoms with Crippen molar-refractivity contribution in [3.8, 4) is 0 Å². The van der Waals surface area contributed by atoms with E-state index in [2.05, 4.69) is 0 Å². The first-order valence-electron chi connectivity index (χ1n) is 12.8. The van der Waals surface area contributed by atoms with E-state index >= 15 is 0 Å². The summed E-state index contributed by atoms with van der Waals surface area (Å²) in [4.78, 5) is 42.9. The predicted octanol–water partition coefficient (Wildman–Crippen LogP) is 6.42. The Labute approximate surface area is 226 Å². The molecule has 0 aliphatic heterocycles. The van der Waals surface area contributed by atoms with Crippen molar-refractivity contribution in [2.24, 2.45) is 0 Å². The van der Waals surface area contributed by atoms with Crippen molar-refractivity contribution in [2.45, 2.75) is 65.1 Å². The second-order valence-corrected chi connectivity index (χ2v) is 10.9. The average Bonchev–Trinajstić information content (AvgIpc) is 3.32. The number of amides is 2. The fourth-order valence-electron chi connectivity index (χ4n) is 4.89. The molecule has 1 fully saturated rings. The van der Waals surface area contributed by atoms with Crippen LogP contribution in [0.4, 0.5) is 10.1 Å². The number of nitrogens with zero attached hydrogens (tertiary/aromatic N) is 3. The summed E-state index contributed by atoms with van der Waals surface area (Å²) in [6.07, 6.45) is 4.58. The Bertz CT molecular complexity index is 1300. The molecule has 0 N–H and O–H groups in total. The molecular weight excluding hydrogens is 505 g/mol. The zero-order valence-corrected chi connectivity index (χ0v) is 22.5. The highest BCUT2D eigenvalue weighted by Gasteiger charge is 2.31. The monoisotopic (exact) mass is 537 g/mol. The number of rotatable bonds is 9. The van der Waals surface area contributed by atoms with E-state index in [-0.39, 0.29) is 48.0 Å². The number of hydrogen-bond acceptors (Lipinski definition) is 5. The number of benzene rings is 2. The van der Waals surface area contributed by atoms with Crippen LogP contribution in [-0.2, 0) is 17.9 Å². The van der Waals surface area contributed by atoms with Crippen LogP contribution < -0.4 is 0 Å². The SMILES string of the molecule is Cc1ccc(C(=O)N(CC(=O)N(Cc2ccc(F)cc2)Cc2sccc2C)C2CCCCC2)cc1[N+](=O)[O-]. The Hall–Kier alpha value is -3.59. The van der Waals surface area contributed by atoms with Crippen molar-refractivity contribution in [3.05, 3.63) is 97.0 Å². The molecule has 200 valence electrons. The van der Waals surface area contributed by atoms with E-state index in [4.69, 9.17) is 0 Å².